The molecule has 21 heavy (non-hydrogen) atoms. The zero-order chi connectivity index (χ0) is 15.3. The van der Waals surface area contributed by atoms with Crippen LogP contribution in [0.1, 0.15) is 17.5 Å². The fourth-order valence-electron chi connectivity index (χ4n) is 3.23. The number of likely N-dealkylation sites (tertiary alicyclic amines) is 1. The Bertz CT molecular complexity index is 597. The maximum atomic E-state index is 12.5. The maximum absolute atomic E-state index is 12.5. The topological polar surface area (TPSA) is 52.9 Å². The van der Waals surface area contributed by atoms with E-state index in [-0.39, 0.29) is 24.4 Å². The Labute approximate surface area is 118 Å². The number of rotatable bonds is 2. The van der Waals surface area contributed by atoms with E-state index in [9.17, 15) is 18.0 Å². The van der Waals surface area contributed by atoms with Crippen molar-refractivity contribution in [2.75, 3.05) is 13.1 Å². The van der Waals surface area contributed by atoms with E-state index in [2.05, 4.69) is 5.16 Å². The van der Waals surface area contributed by atoms with Crippen molar-refractivity contribution in [3.05, 3.63) is 35.4 Å². The van der Waals surface area contributed by atoms with Crippen molar-refractivity contribution in [1.29, 1.82) is 0 Å². The van der Waals surface area contributed by atoms with Crippen molar-refractivity contribution >= 4 is 12.1 Å². The highest BCUT2D eigenvalue weighted by Gasteiger charge is 2.63. The van der Waals surface area contributed by atoms with Gasteiger partial charge in [-0.2, -0.15) is 13.2 Å². The third kappa shape index (κ3) is 2.26. The Balaban J connectivity index is 1.77. The first-order valence-corrected chi connectivity index (χ1v) is 6.51. The van der Waals surface area contributed by atoms with E-state index in [1.54, 1.807) is 12.1 Å². The number of benzene rings is 1. The number of alkyl halides is 3. The molecule has 2 fully saturated rings. The fourth-order valence-corrected chi connectivity index (χ4v) is 3.23. The molecule has 1 aromatic rings. The molecule has 3 rings (SSSR count). The molecule has 112 valence electrons. The summed E-state index contributed by atoms with van der Waals surface area (Å²) in [5.74, 6) is -1.65. The van der Waals surface area contributed by atoms with Gasteiger partial charge in [-0.15, -0.1) is 0 Å². The van der Waals surface area contributed by atoms with Crippen molar-refractivity contribution in [3.8, 4) is 0 Å². The van der Waals surface area contributed by atoms with Crippen molar-refractivity contribution in [1.82, 2.24) is 4.90 Å². The summed E-state index contributed by atoms with van der Waals surface area (Å²) in [5, 5.41) is 11.4. The van der Waals surface area contributed by atoms with Gasteiger partial charge >= 0.3 is 12.1 Å². The monoisotopic (exact) mass is 298 g/mol. The number of halogens is 3. The second kappa shape index (κ2) is 4.47. The smallest absolute Gasteiger partial charge is 0.411 e. The van der Waals surface area contributed by atoms with E-state index in [0.717, 1.165) is 16.9 Å². The third-order valence-electron chi connectivity index (χ3n) is 4.37. The number of oxime groups is 1. The van der Waals surface area contributed by atoms with E-state index in [1.165, 1.54) is 6.21 Å². The number of nitrogens with zero attached hydrogens (tertiary/aromatic N) is 2. The second-order valence-corrected chi connectivity index (χ2v) is 5.61. The molecule has 1 heterocycles. The number of hydrogen-bond acceptors (Lipinski definition) is 3. The molecule has 4 nitrogen and oxygen atoms in total. The molecule has 0 aromatic heterocycles. The molecule has 1 N–H and O–H groups in total. The molecule has 1 amide bonds. The van der Waals surface area contributed by atoms with Crippen molar-refractivity contribution in [2.45, 2.75) is 18.0 Å². The molecule has 1 saturated carbocycles. The van der Waals surface area contributed by atoms with Crippen LogP contribution in [-0.4, -0.2) is 41.5 Å². The van der Waals surface area contributed by atoms with E-state index >= 15 is 0 Å². The molecule has 1 aliphatic heterocycles. The Kier molecular flexibility index (Phi) is 2.96. The molecule has 2 aliphatic rings. The fraction of sp³-hybridized carbons (Fsp3) is 0.429. The minimum Gasteiger partial charge on any atom is -0.411 e. The summed E-state index contributed by atoms with van der Waals surface area (Å²) in [4.78, 5) is 12.2. The van der Waals surface area contributed by atoms with Crippen LogP contribution in [0.4, 0.5) is 13.2 Å². The van der Waals surface area contributed by atoms with Gasteiger partial charge in [0.1, 0.15) is 0 Å². The average molecular weight is 298 g/mol. The Hall–Kier alpha value is -2.05. The molecule has 0 spiro atoms. The summed E-state index contributed by atoms with van der Waals surface area (Å²) in [6, 6.07) is 7.12. The molecule has 1 aliphatic carbocycles. The standard InChI is InChI=1S/C14H13F3N2O2/c15-14(16,17)12(20)19-7-11-5-13(11,8-19)10-3-1-9(2-4-10)6-18-21/h1-4,6,11,21H,5,7-8H2/t11-,13+/m0/s1. The SMILES string of the molecule is O=C(N1C[C@@H]2C[C@]2(c2ccc(C=NO)cc2)C1)C(F)(F)F. The Morgan fingerprint density at radius 2 is 2.05 bits per heavy atom. The van der Waals surface area contributed by atoms with Gasteiger partial charge in [0, 0.05) is 18.5 Å². The van der Waals surface area contributed by atoms with Gasteiger partial charge in [-0.05, 0) is 23.5 Å². The molecule has 0 bridgehead atoms. The number of carbonyl (C=O) groups excluding carboxylic acids is 1. The van der Waals surface area contributed by atoms with Crippen molar-refractivity contribution in [3.63, 3.8) is 0 Å². The van der Waals surface area contributed by atoms with Crippen LogP contribution in [-0.2, 0) is 10.2 Å². The summed E-state index contributed by atoms with van der Waals surface area (Å²) < 4.78 is 37.4. The van der Waals surface area contributed by atoms with Gasteiger partial charge in [-0.25, -0.2) is 0 Å². The molecule has 0 unspecified atom stereocenters. The van der Waals surface area contributed by atoms with Gasteiger partial charge in [-0.3, -0.25) is 4.79 Å². The number of fused-ring (bicyclic) bond motifs is 1. The summed E-state index contributed by atoms with van der Waals surface area (Å²) in [6.45, 7) is 0.279. The molecule has 7 heteroatoms. The third-order valence-corrected chi connectivity index (χ3v) is 4.37. The van der Waals surface area contributed by atoms with Gasteiger partial charge in [0.15, 0.2) is 0 Å². The highest BCUT2D eigenvalue weighted by Crippen LogP contribution is 2.59. The number of hydrogen-bond donors (Lipinski definition) is 1. The highest BCUT2D eigenvalue weighted by molar-refractivity contribution is 5.83. The van der Waals surface area contributed by atoms with E-state index < -0.39 is 12.1 Å². The minimum atomic E-state index is -4.81. The Morgan fingerprint density at radius 3 is 2.62 bits per heavy atom. The quantitative estimate of drug-likeness (QED) is 0.517. The van der Waals surface area contributed by atoms with Crippen LogP contribution in [0.15, 0.2) is 29.4 Å². The molecular formula is C14H13F3N2O2. The van der Waals surface area contributed by atoms with Crippen LogP contribution < -0.4 is 0 Å². The summed E-state index contributed by atoms with van der Waals surface area (Å²) in [7, 11) is 0. The van der Waals surface area contributed by atoms with E-state index in [0.29, 0.717) is 5.56 Å². The van der Waals surface area contributed by atoms with Crippen molar-refractivity contribution in [2.24, 2.45) is 11.1 Å². The van der Waals surface area contributed by atoms with Crippen LogP contribution in [0.3, 0.4) is 0 Å². The van der Waals surface area contributed by atoms with Gasteiger partial charge in [-0.1, -0.05) is 29.4 Å². The predicted octanol–water partition coefficient (Wildman–Crippen LogP) is 2.16. The summed E-state index contributed by atoms with van der Waals surface area (Å²) in [6.07, 6.45) is -2.72. The van der Waals surface area contributed by atoms with Gasteiger partial charge in [0.05, 0.1) is 6.21 Å². The second-order valence-electron chi connectivity index (χ2n) is 5.61. The first-order valence-electron chi connectivity index (χ1n) is 6.51. The summed E-state index contributed by atoms with van der Waals surface area (Å²) in [5.41, 5.74) is 1.30. The molecule has 1 saturated heterocycles. The highest BCUT2D eigenvalue weighted by atomic mass is 19.4. The van der Waals surface area contributed by atoms with Crippen LogP contribution in [0.5, 0.6) is 0 Å². The molecular weight excluding hydrogens is 285 g/mol. The predicted molar refractivity (Wildman–Crippen MR) is 68.2 cm³/mol. The average Bonchev–Trinajstić information content (AvgIpc) is 3.00. The minimum absolute atomic E-state index is 0.0983. The zero-order valence-electron chi connectivity index (χ0n) is 11.0. The van der Waals surface area contributed by atoms with Crippen LogP contribution in [0.2, 0.25) is 0 Å². The van der Waals surface area contributed by atoms with Crippen LogP contribution in [0, 0.1) is 5.92 Å². The lowest BCUT2D eigenvalue weighted by Crippen LogP contribution is -2.41. The van der Waals surface area contributed by atoms with Crippen LogP contribution >= 0.6 is 0 Å². The molecule has 1 aromatic carbocycles. The Morgan fingerprint density at radius 1 is 1.38 bits per heavy atom. The number of amides is 1. The first-order chi connectivity index (χ1) is 9.87. The lowest BCUT2D eigenvalue weighted by Gasteiger charge is -2.22. The van der Waals surface area contributed by atoms with Gasteiger partial charge in [0.2, 0.25) is 0 Å². The lowest BCUT2D eigenvalue weighted by molar-refractivity contribution is -0.184. The van der Waals surface area contributed by atoms with Gasteiger partial charge in [0.25, 0.3) is 0 Å². The molecule has 0 radical (unpaired) electrons. The largest absolute Gasteiger partial charge is 0.471 e. The van der Waals surface area contributed by atoms with Gasteiger partial charge < -0.3 is 10.1 Å². The number of carbonyl (C=O) groups is 1. The van der Waals surface area contributed by atoms with E-state index in [1.807, 2.05) is 12.1 Å². The van der Waals surface area contributed by atoms with E-state index in [4.69, 9.17) is 5.21 Å². The van der Waals surface area contributed by atoms with Crippen molar-refractivity contribution < 1.29 is 23.2 Å². The zero-order valence-corrected chi connectivity index (χ0v) is 11.0. The number of piperidine rings is 1. The molecule has 2 atom stereocenters. The van der Waals surface area contributed by atoms with Crippen LogP contribution in [0.25, 0.3) is 0 Å². The lowest BCUT2D eigenvalue weighted by atomic mass is 9.94. The summed E-state index contributed by atoms with van der Waals surface area (Å²) >= 11 is 0. The maximum Gasteiger partial charge on any atom is 0.471 e. The normalized spacial score (nSPS) is 28.0. The first kappa shape index (κ1) is 13.9.